The highest BCUT2D eigenvalue weighted by molar-refractivity contribution is 6.35. The molecule has 3 rings (SSSR count). The molecule has 2 N–H and O–H groups in total. The lowest BCUT2D eigenvalue weighted by Gasteiger charge is -2.32. The number of morpholine rings is 1. The average Bonchev–Trinajstić information content (AvgIpc) is 2.43. The molecule has 21 heavy (non-hydrogen) atoms. The monoisotopic (exact) mass is 307 g/mol. The van der Waals surface area contributed by atoms with Crippen molar-refractivity contribution in [1.29, 1.82) is 0 Å². The molecule has 1 aromatic carbocycles. The summed E-state index contributed by atoms with van der Waals surface area (Å²) in [5.74, 6) is 0.245. The van der Waals surface area contributed by atoms with Crippen molar-refractivity contribution in [3.8, 4) is 5.75 Å². The van der Waals surface area contributed by atoms with Gasteiger partial charge in [-0.3, -0.25) is 4.98 Å². The van der Waals surface area contributed by atoms with Crippen LogP contribution < -0.4 is 4.90 Å². The third-order valence-electron chi connectivity index (χ3n) is 3.95. The summed E-state index contributed by atoms with van der Waals surface area (Å²) in [5, 5.41) is 11.9. The largest absolute Gasteiger partial charge is 0.505 e. The Morgan fingerprint density at radius 1 is 1.38 bits per heavy atom. The molecule has 4 nitrogen and oxygen atoms in total. The van der Waals surface area contributed by atoms with Gasteiger partial charge in [0.25, 0.3) is 0 Å². The van der Waals surface area contributed by atoms with Crippen molar-refractivity contribution in [2.45, 2.75) is 32.6 Å². The van der Waals surface area contributed by atoms with Crippen molar-refractivity contribution in [2.75, 3.05) is 13.1 Å². The summed E-state index contributed by atoms with van der Waals surface area (Å²) in [6, 6.07) is 5.56. The first kappa shape index (κ1) is 14.6. The number of fused-ring (bicyclic) bond motifs is 1. The highest BCUT2D eigenvalue weighted by Gasteiger charge is 2.26. The molecule has 112 valence electrons. The van der Waals surface area contributed by atoms with E-state index in [-0.39, 0.29) is 18.0 Å². The van der Waals surface area contributed by atoms with E-state index in [2.05, 4.69) is 18.8 Å². The van der Waals surface area contributed by atoms with Gasteiger partial charge in [-0.05, 0) is 32.0 Å². The number of rotatable bonds is 2. The molecule has 0 bridgehead atoms. The van der Waals surface area contributed by atoms with Crippen LogP contribution in [0.3, 0.4) is 0 Å². The Balaban J connectivity index is 1.92. The second-order valence-electron chi connectivity index (χ2n) is 5.86. The number of benzene rings is 1. The lowest BCUT2D eigenvalue weighted by Crippen LogP contribution is -3.14. The molecule has 1 fully saturated rings. The van der Waals surface area contributed by atoms with Crippen molar-refractivity contribution in [3.05, 3.63) is 35.0 Å². The van der Waals surface area contributed by atoms with Crippen molar-refractivity contribution in [2.24, 2.45) is 0 Å². The second kappa shape index (κ2) is 5.79. The molecular weight excluding hydrogens is 288 g/mol. The number of quaternary nitrogens is 1. The molecule has 0 aliphatic carbocycles. The van der Waals surface area contributed by atoms with Crippen LogP contribution in [-0.4, -0.2) is 35.4 Å². The Kier molecular flexibility index (Phi) is 4.02. The first-order valence-electron chi connectivity index (χ1n) is 7.28. The fraction of sp³-hybridized carbons (Fsp3) is 0.438. The maximum atomic E-state index is 10.5. The summed E-state index contributed by atoms with van der Waals surface area (Å²) in [4.78, 5) is 5.65. The number of phenols is 1. The van der Waals surface area contributed by atoms with Crippen LogP contribution in [0.1, 0.15) is 19.4 Å². The Labute approximate surface area is 129 Å². The minimum Gasteiger partial charge on any atom is -0.505 e. The first-order chi connectivity index (χ1) is 10.0. The van der Waals surface area contributed by atoms with Gasteiger partial charge in [0, 0.05) is 11.6 Å². The zero-order valence-electron chi connectivity index (χ0n) is 12.3. The van der Waals surface area contributed by atoms with Gasteiger partial charge in [-0.2, -0.15) is 0 Å². The van der Waals surface area contributed by atoms with Crippen LogP contribution in [0, 0.1) is 0 Å². The highest BCUT2D eigenvalue weighted by Crippen LogP contribution is 2.32. The van der Waals surface area contributed by atoms with E-state index in [1.54, 1.807) is 6.20 Å². The molecule has 1 aliphatic rings. The Morgan fingerprint density at radius 2 is 2.10 bits per heavy atom. The summed E-state index contributed by atoms with van der Waals surface area (Å²) < 4.78 is 5.76. The van der Waals surface area contributed by atoms with Gasteiger partial charge in [0.2, 0.25) is 0 Å². The molecule has 2 aromatic rings. The Hall–Kier alpha value is -1.36. The highest BCUT2D eigenvalue weighted by atomic mass is 35.5. The fourth-order valence-corrected chi connectivity index (χ4v) is 3.46. The number of pyridine rings is 1. The van der Waals surface area contributed by atoms with Gasteiger partial charge in [0.15, 0.2) is 5.75 Å². The standard InChI is InChI=1S/C16H19ClN2O2/c1-10-7-19(8-11(2)21-10)9-12-6-14(17)13-4-3-5-18-15(13)16(12)20/h3-6,10-11,20H,7-9H2,1-2H3/p+1/t10-,11+. The van der Waals surface area contributed by atoms with E-state index in [0.717, 1.165) is 30.6 Å². The number of aromatic hydroxyl groups is 1. The van der Waals surface area contributed by atoms with Crippen molar-refractivity contribution < 1.29 is 14.7 Å². The maximum absolute atomic E-state index is 10.5. The van der Waals surface area contributed by atoms with Crippen LogP contribution in [0.15, 0.2) is 24.4 Å². The van der Waals surface area contributed by atoms with Gasteiger partial charge in [0.05, 0.1) is 10.6 Å². The molecule has 1 aromatic heterocycles. The topological polar surface area (TPSA) is 46.8 Å². The predicted molar refractivity (Wildman–Crippen MR) is 82.8 cm³/mol. The molecule has 2 heterocycles. The molecule has 0 radical (unpaired) electrons. The summed E-state index contributed by atoms with van der Waals surface area (Å²) in [6.07, 6.45) is 2.15. The number of hydrogen-bond donors (Lipinski definition) is 2. The van der Waals surface area contributed by atoms with Crippen molar-refractivity contribution >= 4 is 22.5 Å². The van der Waals surface area contributed by atoms with E-state index in [1.165, 1.54) is 4.90 Å². The quantitative estimate of drug-likeness (QED) is 0.889. The number of hydrogen-bond acceptors (Lipinski definition) is 3. The van der Waals surface area contributed by atoms with Gasteiger partial charge >= 0.3 is 0 Å². The van der Waals surface area contributed by atoms with E-state index >= 15 is 0 Å². The lowest BCUT2D eigenvalue weighted by atomic mass is 10.1. The minimum absolute atomic E-state index is 0.236. The van der Waals surface area contributed by atoms with E-state index in [4.69, 9.17) is 16.3 Å². The van der Waals surface area contributed by atoms with E-state index in [0.29, 0.717) is 10.5 Å². The van der Waals surface area contributed by atoms with Crippen LogP contribution in [0.4, 0.5) is 0 Å². The minimum atomic E-state index is 0.236. The third kappa shape index (κ3) is 2.98. The van der Waals surface area contributed by atoms with E-state index in [9.17, 15) is 5.11 Å². The summed E-state index contributed by atoms with van der Waals surface area (Å²) in [6.45, 7) is 6.77. The molecule has 3 atom stereocenters. The summed E-state index contributed by atoms with van der Waals surface area (Å²) >= 11 is 6.32. The van der Waals surface area contributed by atoms with Crippen LogP contribution >= 0.6 is 11.6 Å². The number of phenolic OH excluding ortho intramolecular Hbond substituents is 1. The first-order valence-corrected chi connectivity index (χ1v) is 7.66. The van der Waals surface area contributed by atoms with Crippen LogP contribution in [0.5, 0.6) is 5.75 Å². The molecule has 0 saturated carbocycles. The average molecular weight is 308 g/mol. The van der Waals surface area contributed by atoms with Gasteiger partial charge in [0.1, 0.15) is 37.4 Å². The SMILES string of the molecule is C[C@@H]1C[NH+](Cc2cc(Cl)c3cccnc3c2O)C[C@H](C)O1. The second-order valence-corrected chi connectivity index (χ2v) is 6.27. The van der Waals surface area contributed by atoms with Gasteiger partial charge in [-0.1, -0.05) is 11.6 Å². The number of nitrogens with one attached hydrogen (secondary N) is 1. The van der Waals surface area contributed by atoms with Gasteiger partial charge in [-0.15, -0.1) is 0 Å². The van der Waals surface area contributed by atoms with Gasteiger partial charge in [-0.25, -0.2) is 0 Å². The van der Waals surface area contributed by atoms with E-state index < -0.39 is 0 Å². The van der Waals surface area contributed by atoms with Crippen molar-refractivity contribution in [1.82, 2.24) is 4.98 Å². The Bertz CT molecular complexity index is 652. The Morgan fingerprint density at radius 3 is 2.81 bits per heavy atom. The van der Waals surface area contributed by atoms with Gasteiger partial charge < -0.3 is 14.7 Å². The van der Waals surface area contributed by atoms with Crippen LogP contribution in [-0.2, 0) is 11.3 Å². The number of aromatic nitrogens is 1. The van der Waals surface area contributed by atoms with Crippen LogP contribution in [0.2, 0.25) is 5.02 Å². The lowest BCUT2D eigenvalue weighted by molar-refractivity contribution is -0.928. The number of ether oxygens (including phenoxy) is 1. The molecule has 0 spiro atoms. The smallest absolute Gasteiger partial charge is 0.150 e. The molecule has 5 heteroatoms. The molecule has 0 amide bonds. The zero-order valence-corrected chi connectivity index (χ0v) is 13.0. The molecule has 1 saturated heterocycles. The summed E-state index contributed by atoms with van der Waals surface area (Å²) in [7, 11) is 0. The fourth-order valence-electron chi connectivity index (χ4n) is 3.18. The normalized spacial score (nSPS) is 26.1. The number of halogens is 1. The maximum Gasteiger partial charge on any atom is 0.150 e. The van der Waals surface area contributed by atoms with E-state index in [1.807, 2.05) is 18.2 Å². The summed E-state index contributed by atoms with van der Waals surface area (Å²) in [5.41, 5.74) is 1.43. The van der Waals surface area contributed by atoms with Crippen molar-refractivity contribution in [3.63, 3.8) is 0 Å². The predicted octanol–water partition coefficient (Wildman–Crippen LogP) is 1.79. The van der Waals surface area contributed by atoms with Crippen LogP contribution in [0.25, 0.3) is 10.9 Å². The molecule has 1 aliphatic heterocycles. The molecular formula is C16H20ClN2O2+. The molecule has 1 unspecified atom stereocenters. The third-order valence-corrected chi connectivity index (χ3v) is 4.26. The number of nitrogens with zero attached hydrogens (tertiary/aromatic N) is 1. The zero-order chi connectivity index (χ0) is 15.0.